The van der Waals surface area contributed by atoms with Crippen molar-refractivity contribution < 1.29 is 4.79 Å². The van der Waals surface area contributed by atoms with Crippen molar-refractivity contribution >= 4 is 17.5 Å². The molecule has 0 unspecified atom stereocenters. The molecule has 0 bridgehead atoms. The van der Waals surface area contributed by atoms with Crippen LogP contribution in [0.2, 0.25) is 5.02 Å². The second-order valence-electron chi connectivity index (χ2n) is 5.68. The Hall–Kier alpha value is -2.66. The van der Waals surface area contributed by atoms with Crippen molar-refractivity contribution in [3.05, 3.63) is 64.9 Å². The summed E-state index contributed by atoms with van der Waals surface area (Å²) in [5.74, 6) is 0.469. The lowest BCUT2D eigenvalue weighted by Crippen LogP contribution is -2.25. The summed E-state index contributed by atoms with van der Waals surface area (Å²) < 4.78 is 1.68. The van der Waals surface area contributed by atoms with E-state index in [-0.39, 0.29) is 11.7 Å². The van der Waals surface area contributed by atoms with Gasteiger partial charge in [-0.25, -0.2) is 9.67 Å². The number of hydrogen-bond donors (Lipinski definition) is 1. The number of aromatic nitrogens is 3. The van der Waals surface area contributed by atoms with Crippen molar-refractivity contribution in [1.29, 1.82) is 0 Å². The predicted molar refractivity (Wildman–Crippen MR) is 99.2 cm³/mol. The van der Waals surface area contributed by atoms with Gasteiger partial charge in [0.1, 0.15) is 0 Å². The molecule has 25 heavy (non-hydrogen) atoms. The number of nitrogens with one attached hydrogen (secondary N) is 1. The standard InChI is InChI=1S/C19H19ClN4O/c1-3-12-21-19(25)17-22-18(14-8-5-4-6-9-14)24(23-17)16-11-7-10-15(20)13(16)2/h4-11H,3,12H2,1-2H3,(H,21,25). The molecular formula is C19H19ClN4O. The summed E-state index contributed by atoms with van der Waals surface area (Å²) in [6.07, 6.45) is 0.853. The third-order valence-electron chi connectivity index (χ3n) is 3.85. The molecule has 3 aromatic rings. The molecule has 0 radical (unpaired) electrons. The second-order valence-corrected chi connectivity index (χ2v) is 6.08. The molecule has 0 aliphatic carbocycles. The molecule has 0 aliphatic rings. The molecule has 0 atom stereocenters. The molecule has 0 aliphatic heterocycles. The highest BCUT2D eigenvalue weighted by molar-refractivity contribution is 6.31. The fourth-order valence-corrected chi connectivity index (χ4v) is 2.66. The summed E-state index contributed by atoms with van der Waals surface area (Å²) in [5.41, 5.74) is 2.56. The molecule has 0 saturated carbocycles. The van der Waals surface area contributed by atoms with E-state index in [0.29, 0.717) is 17.4 Å². The van der Waals surface area contributed by atoms with E-state index in [4.69, 9.17) is 11.6 Å². The normalized spacial score (nSPS) is 10.7. The maximum Gasteiger partial charge on any atom is 0.290 e. The van der Waals surface area contributed by atoms with Gasteiger partial charge in [-0.3, -0.25) is 4.79 Å². The highest BCUT2D eigenvalue weighted by atomic mass is 35.5. The zero-order valence-electron chi connectivity index (χ0n) is 14.2. The number of nitrogens with zero attached hydrogens (tertiary/aromatic N) is 3. The van der Waals surface area contributed by atoms with Gasteiger partial charge in [0.25, 0.3) is 5.91 Å². The largest absolute Gasteiger partial charge is 0.349 e. The topological polar surface area (TPSA) is 59.8 Å². The minimum atomic E-state index is -0.280. The molecular weight excluding hydrogens is 336 g/mol. The first kappa shape index (κ1) is 17.2. The van der Waals surface area contributed by atoms with Gasteiger partial charge in [-0.05, 0) is 31.0 Å². The van der Waals surface area contributed by atoms with Crippen molar-refractivity contribution in [1.82, 2.24) is 20.1 Å². The zero-order chi connectivity index (χ0) is 17.8. The molecule has 128 valence electrons. The summed E-state index contributed by atoms with van der Waals surface area (Å²) in [4.78, 5) is 16.8. The first-order valence-electron chi connectivity index (χ1n) is 8.18. The first-order valence-corrected chi connectivity index (χ1v) is 8.55. The van der Waals surface area contributed by atoms with Crippen molar-refractivity contribution in [3.8, 4) is 17.1 Å². The smallest absolute Gasteiger partial charge is 0.290 e. The molecule has 0 fully saturated rings. The second kappa shape index (κ2) is 7.49. The van der Waals surface area contributed by atoms with Crippen LogP contribution in [0.5, 0.6) is 0 Å². The van der Waals surface area contributed by atoms with E-state index in [1.807, 2.05) is 62.4 Å². The van der Waals surface area contributed by atoms with Gasteiger partial charge in [0.05, 0.1) is 5.69 Å². The maximum absolute atomic E-state index is 12.3. The summed E-state index contributed by atoms with van der Waals surface area (Å²) in [7, 11) is 0. The van der Waals surface area contributed by atoms with Crippen molar-refractivity contribution in [3.63, 3.8) is 0 Å². The zero-order valence-corrected chi connectivity index (χ0v) is 14.9. The van der Waals surface area contributed by atoms with Crippen molar-refractivity contribution in [2.45, 2.75) is 20.3 Å². The van der Waals surface area contributed by atoms with Crippen LogP contribution < -0.4 is 5.32 Å². The minimum Gasteiger partial charge on any atom is -0.349 e. The van der Waals surface area contributed by atoms with Crippen LogP contribution in [-0.4, -0.2) is 27.2 Å². The Morgan fingerprint density at radius 3 is 2.64 bits per heavy atom. The molecule has 1 amide bonds. The van der Waals surface area contributed by atoms with E-state index in [0.717, 1.165) is 23.2 Å². The van der Waals surface area contributed by atoms with Crippen molar-refractivity contribution in [2.24, 2.45) is 0 Å². The van der Waals surface area contributed by atoms with Gasteiger partial charge in [-0.2, -0.15) is 0 Å². The molecule has 1 heterocycles. The van der Waals surface area contributed by atoms with Crippen molar-refractivity contribution in [2.75, 3.05) is 6.54 Å². The van der Waals surface area contributed by atoms with Crippen LogP contribution in [0, 0.1) is 6.92 Å². The maximum atomic E-state index is 12.3. The Morgan fingerprint density at radius 2 is 1.92 bits per heavy atom. The molecule has 0 spiro atoms. The lowest BCUT2D eigenvalue weighted by molar-refractivity contribution is 0.0943. The third-order valence-corrected chi connectivity index (χ3v) is 4.25. The number of rotatable bonds is 5. The Morgan fingerprint density at radius 1 is 1.16 bits per heavy atom. The Kier molecular flexibility index (Phi) is 5.14. The van der Waals surface area contributed by atoms with E-state index in [1.54, 1.807) is 4.68 Å². The molecule has 1 N–H and O–H groups in total. The van der Waals surface area contributed by atoms with Crippen LogP contribution >= 0.6 is 11.6 Å². The van der Waals surface area contributed by atoms with Gasteiger partial charge in [-0.1, -0.05) is 54.9 Å². The van der Waals surface area contributed by atoms with E-state index in [1.165, 1.54) is 0 Å². The fraction of sp³-hybridized carbons (Fsp3) is 0.211. The Labute approximate surface area is 151 Å². The lowest BCUT2D eigenvalue weighted by atomic mass is 10.2. The molecule has 6 heteroatoms. The third kappa shape index (κ3) is 3.56. The Bertz CT molecular complexity index is 890. The summed E-state index contributed by atoms with van der Waals surface area (Å²) in [6.45, 7) is 4.51. The predicted octanol–water partition coefficient (Wildman–Crippen LogP) is 4.04. The number of halogens is 1. The summed E-state index contributed by atoms with van der Waals surface area (Å²) in [5, 5.41) is 7.90. The number of benzene rings is 2. The van der Waals surface area contributed by atoms with E-state index in [2.05, 4.69) is 15.4 Å². The van der Waals surface area contributed by atoms with E-state index in [9.17, 15) is 4.79 Å². The van der Waals surface area contributed by atoms with E-state index >= 15 is 0 Å². The molecule has 3 rings (SSSR count). The summed E-state index contributed by atoms with van der Waals surface area (Å²) in [6, 6.07) is 15.3. The van der Waals surface area contributed by atoms with Crippen LogP contribution in [0.15, 0.2) is 48.5 Å². The van der Waals surface area contributed by atoms with Crippen LogP contribution in [0.3, 0.4) is 0 Å². The summed E-state index contributed by atoms with van der Waals surface area (Å²) >= 11 is 6.26. The first-order chi connectivity index (χ1) is 12.1. The fourth-order valence-electron chi connectivity index (χ4n) is 2.49. The van der Waals surface area contributed by atoms with Crippen LogP contribution in [0.4, 0.5) is 0 Å². The monoisotopic (exact) mass is 354 g/mol. The highest BCUT2D eigenvalue weighted by Crippen LogP contribution is 2.26. The van der Waals surface area contributed by atoms with Gasteiger partial charge < -0.3 is 5.32 Å². The van der Waals surface area contributed by atoms with E-state index < -0.39 is 0 Å². The number of carbonyl (C=O) groups excluding carboxylic acids is 1. The molecule has 2 aromatic carbocycles. The molecule has 5 nitrogen and oxygen atoms in total. The number of amides is 1. The minimum absolute atomic E-state index is 0.145. The number of carbonyl (C=O) groups is 1. The van der Waals surface area contributed by atoms with Gasteiger partial charge >= 0.3 is 0 Å². The molecule has 0 saturated heterocycles. The van der Waals surface area contributed by atoms with Gasteiger partial charge in [-0.15, -0.1) is 5.10 Å². The average molecular weight is 355 g/mol. The van der Waals surface area contributed by atoms with Gasteiger partial charge in [0.2, 0.25) is 5.82 Å². The number of hydrogen-bond acceptors (Lipinski definition) is 3. The highest BCUT2D eigenvalue weighted by Gasteiger charge is 2.19. The Balaban J connectivity index is 2.14. The SMILES string of the molecule is CCCNC(=O)c1nc(-c2ccccc2)n(-c2cccc(Cl)c2C)n1. The van der Waals surface area contributed by atoms with Crippen LogP contribution in [0.1, 0.15) is 29.5 Å². The van der Waals surface area contributed by atoms with Gasteiger partial charge in [0.15, 0.2) is 5.82 Å². The lowest BCUT2D eigenvalue weighted by Gasteiger charge is -2.10. The van der Waals surface area contributed by atoms with Crippen LogP contribution in [0.25, 0.3) is 17.1 Å². The molecule has 1 aromatic heterocycles. The van der Waals surface area contributed by atoms with Gasteiger partial charge in [0, 0.05) is 17.1 Å². The quantitative estimate of drug-likeness (QED) is 0.752. The average Bonchev–Trinajstić information content (AvgIpc) is 3.08. The van der Waals surface area contributed by atoms with Crippen LogP contribution in [-0.2, 0) is 0 Å².